The van der Waals surface area contributed by atoms with Gasteiger partial charge in [-0.3, -0.25) is 4.40 Å². The van der Waals surface area contributed by atoms with E-state index in [2.05, 4.69) is 31.0 Å². The first-order valence-electron chi connectivity index (χ1n) is 10.0. The van der Waals surface area contributed by atoms with Gasteiger partial charge in [-0.1, -0.05) is 13.3 Å². The molecule has 1 saturated carbocycles. The topological polar surface area (TPSA) is 92.2 Å². The second kappa shape index (κ2) is 7.84. The van der Waals surface area contributed by atoms with Crippen molar-refractivity contribution in [3.05, 3.63) is 30.4 Å². The van der Waals surface area contributed by atoms with Gasteiger partial charge in [0.25, 0.3) is 0 Å². The van der Waals surface area contributed by atoms with Crippen LogP contribution < -0.4 is 4.72 Å². The van der Waals surface area contributed by atoms with Gasteiger partial charge in [-0.25, -0.2) is 23.1 Å². The molecule has 0 spiro atoms. The third kappa shape index (κ3) is 4.31. The molecule has 30 heavy (non-hydrogen) atoms. The fraction of sp³-hybridized carbons (Fsp3) is 0.579. The van der Waals surface area contributed by atoms with Gasteiger partial charge in [0, 0.05) is 30.6 Å². The largest absolute Gasteiger partial charge is 0.390 e. The summed E-state index contributed by atoms with van der Waals surface area (Å²) in [6, 6.07) is 1.95. The minimum absolute atomic E-state index is 0.0646. The summed E-state index contributed by atoms with van der Waals surface area (Å²) in [5.74, 6) is -0.336. The Bertz CT molecular complexity index is 1140. The lowest BCUT2D eigenvalue weighted by Gasteiger charge is -2.17. The molecular formula is C19H24F3N5O2S. The molecule has 3 heterocycles. The Morgan fingerprint density at radius 1 is 1.27 bits per heavy atom. The van der Waals surface area contributed by atoms with Gasteiger partial charge in [-0.05, 0) is 30.7 Å². The van der Waals surface area contributed by atoms with Crippen molar-refractivity contribution in [2.45, 2.75) is 44.7 Å². The maximum absolute atomic E-state index is 12.3. The summed E-state index contributed by atoms with van der Waals surface area (Å²) in [7, 11) is -3.95. The zero-order valence-electron chi connectivity index (χ0n) is 16.5. The number of sulfonamides is 1. The summed E-state index contributed by atoms with van der Waals surface area (Å²) in [6.45, 7) is 2.26. The van der Waals surface area contributed by atoms with E-state index in [0.717, 1.165) is 41.8 Å². The van der Waals surface area contributed by atoms with Crippen molar-refractivity contribution in [1.82, 2.24) is 24.1 Å². The van der Waals surface area contributed by atoms with Crippen LogP contribution in [-0.2, 0) is 10.0 Å². The van der Waals surface area contributed by atoms with Gasteiger partial charge in [0.1, 0.15) is 0 Å². The molecule has 3 aromatic rings. The van der Waals surface area contributed by atoms with Crippen LogP contribution in [0, 0.1) is 11.8 Å². The molecule has 4 rings (SSSR count). The zero-order valence-corrected chi connectivity index (χ0v) is 17.3. The second-order valence-corrected chi connectivity index (χ2v) is 9.92. The van der Waals surface area contributed by atoms with E-state index in [0.29, 0.717) is 5.92 Å². The number of hydrogen-bond acceptors (Lipinski definition) is 4. The molecule has 0 saturated heterocycles. The minimum Gasteiger partial charge on any atom is -0.345 e. The minimum atomic E-state index is -4.48. The van der Waals surface area contributed by atoms with Crippen LogP contribution in [0.4, 0.5) is 13.2 Å². The number of rotatable bonds is 7. The predicted molar refractivity (Wildman–Crippen MR) is 107 cm³/mol. The lowest BCUT2D eigenvalue weighted by Crippen LogP contribution is -2.32. The Labute approximate surface area is 172 Å². The molecule has 0 unspecified atom stereocenters. The standard InChI is InChI=1S/C19H24F3N5O2S/c1-2-13-7-12(9-26-30(28,29)6-4-19(20,21)22)8-14(13)16-10-24-17-11-25-18-15(27(16)17)3-5-23-18/h3,5,10-14,23,26H,2,4,6-9H2,1H3/t12-,13+,14-/m0/s1. The number of nitrogens with zero attached hydrogens (tertiary/aromatic N) is 3. The van der Waals surface area contributed by atoms with E-state index in [-0.39, 0.29) is 18.4 Å². The highest BCUT2D eigenvalue weighted by atomic mass is 32.2. The zero-order chi connectivity index (χ0) is 21.5. The van der Waals surface area contributed by atoms with Gasteiger partial charge < -0.3 is 4.98 Å². The monoisotopic (exact) mass is 443 g/mol. The van der Waals surface area contributed by atoms with Crippen molar-refractivity contribution in [3.8, 4) is 0 Å². The molecule has 11 heteroatoms. The quantitative estimate of drug-likeness (QED) is 0.584. The molecule has 3 aromatic heterocycles. The number of H-pyrrole nitrogens is 1. The Hall–Kier alpha value is -2.14. The van der Waals surface area contributed by atoms with Crippen LogP contribution in [0.1, 0.15) is 44.2 Å². The number of imidazole rings is 1. The van der Waals surface area contributed by atoms with Crippen molar-refractivity contribution in [2.75, 3.05) is 12.3 Å². The van der Waals surface area contributed by atoms with Crippen LogP contribution in [-0.4, -0.2) is 46.2 Å². The van der Waals surface area contributed by atoms with Gasteiger partial charge in [0.2, 0.25) is 10.0 Å². The summed E-state index contributed by atoms with van der Waals surface area (Å²) in [4.78, 5) is 11.9. The number of aromatic amines is 1. The SMILES string of the molecule is CC[C@@H]1C[C@H](CNS(=O)(=O)CCC(F)(F)F)C[C@@H]1c1cnc2cnc3[nH]ccc3n12. The first kappa shape index (κ1) is 21.1. The fourth-order valence-corrected chi connectivity index (χ4v) is 5.68. The van der Waals surface area contributed by atoms with Crippen molar-refractivity contribution in [3.63, 3.8) is 0 Å². The first-order valence-corrected chi connectivity index (χ1v) is 11.7. The molecule has 0 amide bonds. The number of halogens is 3. The highest BCUT2D eigenvalue weighted by Crippen LogP contribution is 2.45. The third-order valence-corrected chi connectivity index (χ3v) is 7.36. The Kier molecular flexibility index (Phi) is 5.52. The number of alkyl halides is 3. The van der Waals surface area contributed by atoms with Crippen LogP contribution in [0.3, 0.4) is 0 Å². The molecule has 0 radical (unpaired) electrons. The molecule has 7 nitrogen and oxygen atoms in total. The Morgan fingerprint density at radius 2 is 2.07 bits per heavy atom. The third-order valence-electron chi connectivity index (χ3n) is 6.01. The molecule has 1 aliphatic rings. The van der Waals surface area contributed by atoms with Crippen molar-refractivity contribution < 1.29 is 21.6 Å². The Morgan fingerprint density at radius 3 is 2.80 bits per heavy atom. The number of aromatic nitrogens is 4. The molecule has 164 valence electrons. The fourth-order valence-electron chi connectivity index (χ4n) is 4.54. The number of hydrogen-bond donors (Lipinski definition) is 2. The Balaban J connectivity index is 1.50. The maximum Gasteiger partial charge on any atom is 0.390 e. The molecule has 0 bridgehead atoms. The lowest BCUT2D eigenvalue weighted by molar-refractivity contribution is -0.129. The van der Waals surface area contributed by atoms with E-state index in [1.807, 2.05) is 18.5 Å². The number of fused-ring (bicyclic) bond motifs is 3. The molecule has 3 atom stereocenters. The van der Waals surface area contributed by atoms with Crippen LogP contribution in [0.5, 0.6) is 0 Å². The first-order chi connectivity index (χ1) is 14.2. The molecule has 1 aliphatic carbocycles. The number of nitrogens with one attached hydrogen (secondary N) is 2. The van der Waals surface area contributed by atoms with Crippen LogP contribution in [0.2, 0.25) is 0 Å². The second-order valence-electron chi connectivity index (χ2n) is 7.99. The molecule has 0 aromatic carbocycles. The van der Waals surface area contributed by atoms with Crippen LogP contribution in [0.15, 0.2) is 24.7 Å². The lowest BCUT2D eigenvalue weighted by atomic mass is 9.91. The van der Waals surface area contributed by atoms with Crippen LogP contribution >= 0.6 is 0 Å². The summed E-state index contributed by atoms with van der Waals surface area (Å²) >= 11 is 0. The average molecular weight is 443 g/mol. The summed E-state index contributed by atoms with van der Waals surface area (Å²) in [5, 5.41) is 0. The normalized spacial score (nSPS) is 23.0. The maximum atomic E-state index is 12.3. The van der Waals surface area contributed by atoms with E-state index in [4.69, 9.17) is 0 Å². The van der Waals surface area contributed by atoms with E-state index in [1.165, 1.54) is 0 Å². The van der Waals surface area contributed by atoms with Gasteiger partial charge >= 0.3 is 6.18 Å². The van der Waals surface area contributed by atoms with Crippen molar-refractivity contribution >= 4 is 26.8 Å². The molecule has 0 aliphatic heterocycles. The van der Waals surface area contributed by atoms with E-state index in [1.54, 1.807) is 6.20 Å². The average Bonchev–Trinajstić information content (AvgIpc) is 3.40. The predicted octanol–water partition coefficient (Wildman–Crippen LogP) is 3.60. The summed E-state index contributed by atoms with van der Waals surface area (Å²) < 4.78 is 65.4. The van der Waals surface area contributed by atoms with Gasteiger partial charge in [0.15, 0.2) is 11.3 Å². The highest BCUT2D eigenvalue weighted by Gasteiger charge is 2.37. The molecule has 2 N–H and O–H groups in total. The van der Waals surface area contributed by atoms with Crippen LogP contribution in [0.25, 0.3) is 16.8 Å². The smallest absolute Gasteiger partial charge is 0.345 e. The van der Waals surface area contributed by atoms with Gasteiger partial charge in [0.05, 0.1) is 23.9 Å². The van der Waals surface area contributed by atoms with Gasteiger partial charge in [-0.2, -0.15) is 13.2 Å². The van der Waals surface area contributed by atoms with Crippen molar-refractivity contribution in [1.29, 1.82) is 0 Å². The van der Waals surface area contributed by atoms with E-state index >= 15 is 0 Å². The van der Waals surface area contributed by atoms with E-state index < -0.39 is 28.4 Å². The molecule has 1 fully saturated rings. The van der Waals surface area contributed by atoms with Gasteiger partial charge in [-0.15, -0.1) is 0 Å². The van der Waals surface area contributed by atoms with E-state index in [9.17, 15) is 21.6 Å². The highest BCUT2D eigenvalue weighted by molar-refractivity contribution is 7.89. The van der Waals surface area contributed by atoms with Crippen molar-refractivity contribution in [2.24, 2.45) is 11.8 Å². The summed E-state index contributed by atoms with van der Waals surface area (Å²) in [6.07, 6.45) is 2.07. The molecular weight excluding hydrogens is 419 g/mol. The summed E-state index contributed by atoms with van der Waals surface area (Å²) in [5.41, 5.74) is 3.52.